The van der Waals surface area contributed by atoms with Crippen LogP contribution in [0.15, 0.2) is 35.1 Å². The molecule has 2 aromatic rings. The highest BCUT2D eigenvalue weighted by Gasteiger charge is 2.41. The van der Waals surface area contributed by atoms with E-state index in [9.17, 15) is 40.7 Å². The van der Waals surface area contributed by atoms with Gasteiger partial charge in [0.2, 0.25) is 0 Å². The molecule has 0 aliphatic heterocycles. The Hall–Kier alpha value is -3.05. The standard InChI is InChI=1S/C13H7F6N3O3/c14-12(15,16)10(24)20-7-3-1-6(2-4-7)8-5-9(23)22(21-8)11(25)13(17,18)19/h1-5,21H,(H,20,24). The van der Waals surface area contributed by atoms with Crippen molar-refractivity contribution in [1.82, 2.24) is 9.78 Å². The Bertz CT molecular complexity index is 861. The minimum Gasteiger partial charge on any atom is -0.318 e. The molecule has 0 unspecified atom stereocenters. The number of hydrogen-bond acceptors (Lipinski definition) is 3. The second kappa shape index (κ2) is 6.11. The Morgan fingerprint density at radius 2 is 1.52 bits per heavy atom. The summed E-state index contributed by atoms with van der Waals surface area (Å²) in [5.74, 6) is -4.62. The smallest absolute Gasteiger partial charge is 0.318 e. The number of alkyl halides is 6. The molecular formula is C13H7F6N3O3. The lowest BCUT2D eigenvalue weighted by Crippen LogP contribution is -2.35. The fraction of sp³-hybridized carbons (Fsp3) is 0.154. The SMILES string of the molecule is O=C(Nc1ccc(-c2cc(=O)n(C(=O)C(F)(F)F)[nH]2)cc1)C(F)(F)F. The molecule has 1 amide bonds. The molecule has 1 aromatic heterocycles. The first-order valence-electron chi connectivity index (χ1n) is 6.32. The number of nitrogens with zero attached hydrogens (tertiary/aromatic N) is 1. The molecule has 2 N–H and O–H groups in total. The maximum absolute atomic E-state index is 12.3. The van der Waals surface area contributed by atoms with E-state index in [1.165, 1.54) is 0 Å². The molecule has 1 heterocycles. The van der Waals surface area contributed by atoms with Crippen molar-refractivity contribution >= 4 is 17.5 Å². The van der Waals surface area contributed by atoms with Gasteiger partial charge in [0.1, 0.15) is 0 Å². The normalized spacial score (nSPS) is 12.1. The van der Waals surface area contributed by atoms with E-state index in [2.05, 4.69) is 0 Å². The molecule has 0 radical (unpaired) electrons. The summed E-state index contributed by atoms with van der Waals surface area (Å²) in [5.41, 5.74) is -1.54. The molecule has 2 rings (SSSR count). The lowest BCUT2D eigenvalue weighted by Gasteiger charge is -2.08. The van der Waals surface area contributed by atoms with Gasteiger partial charge < -0.3 is 5.32 Å². The van der Waals surface area contributed by atoms with Crippen molar-refractivity contribution in [3.05, 3.63) is 40.7 Å². The number of aromatic amines is 1. The zero-order valence-corrected chi connectivity index (χ0v) is 11.8. The number of halogens is 6. The molecule has 134 valence electrons. The second-order valence-corrected chi connectivity index (χ2v) is 4.68. The molecule has 0 fully saturated rings. The van der Waals surface area contributed by atoms with Crippen molar-refractivity contribution < 1.29 is 35.9 Å². The van der Waals surface area contributed by atoms with Crippen LogP contribution in [0.1, 0.15) is 4.79 Å². The second-order valence-electron chi connectivity index (χ2n) is 4.68. The molecule has 25 heavy (non-hydrogen) atoms. The average molecular weight is 367 g/mol. The van der Waals surface area contributed by atoms with Gasteiger partial charge in [-0.25, -0.2) is 0 Å². The molecule has 0 aliphatic rings. The van der Waals surface area contributed by atoms with E-state index in [0.29, 0.717) is 6.07 Å². The number of H-pyrrole nitrogens is 1. The molecule has 0 saturated carbocycles. The van der Waals surface area contributed by atoms with Gasteiger partial charge in [-0.15, -0.1) is 0 Å². The summed E-state index contributed by atoms with van der Waals surface area (Å²) >= 11 is 0. The van der Waals surface area contributed by atoms with Gasteiger partial charge in [-0.1, -0.05) is 12.1 Å². The molecule has 12 heteroatoms. The van der Waals surface area contributed by atoms with E-state index in [0.717, 1.165) is 24.3 Å². The first-order chi connectivity index (χ1) is 11.4. The predicted octanol–water partition coefficient (Wildman–Crippen LogP) is 2.55. The summed E-state index contributed by atoms with van der Waals surface area (Å²) in [5, 5.41) is 3.53. The number of hydrogen-bond donors (Lipinski definition) is 2. The monoisotopic (exact) mass is 367 g/mol. The van der Waals surface area contributed by atoms with Gasteiger partial charge in [-0.05, 0) is 17.7 Å². The van der Waals surface area contributed by atoms with Gasteiger partial charge >= 0.3 is 24.2 Å². The van der Waals surface area contributed by atoms with Crippen LogP contribution in [-0.4, -0.2) is 33.9 Å². The topological polar surface area (TPSA) is 84.0 Å². The van der Waals surface area contributed by atoms with Crippen LogP contribution in [0.2, 0.25) is 0 Å². The third-order valence-corrected chi connectivity index (χ3v) is 2.88. The van der Waals surface area contributed by atoms with Crippen LogP contribution in [0.25, 0.3) is 11.3 Å². The third kappa shape index (κ3) is 4.08. The summed E-state index contributed by atoms with van der Waals surface area (Å²) < 4.78 is 73.1. The molecule has 0 bridgehead atoms. The maximum Gasteiger partial charge on any atom is 0.473 e. The number of aromatic nitrogens is 2. The van der Waals surface area contributed by atoms with E-state index < -0.39 is 29.7 Å². The number of carbonyl (C=O) groups excluding carboxylic acids is 2. The lowest BCUT2D eigenvalue weighted by atomic mass is 10.1. The first kappa shape index (κ1) is 18.3. The maximum atomic E-state index is 12.3. The van der Waals surface area contributed by atoms with Crippen molar-refractivity contribution in [3.8, 4) is 11.3 Å². The highest BCUT2D eigenvalue weighted by molar-refractivity contribution is 5.95. The van der Waals surface area contributed by atoms with Gasteiger partial charge in [0.05, 0.1) is 5.69 Å². The van der Waals surface area contributed by atoms with Gasteiger partial charge in [0, 0.05) is 11.8 Å². The Morgan fingerprint density at radius 3 is 2.00 bits per heavy atom. The summed E-state index contributed by atoms with van der Waals surface area (Å²) in [7, 11) is 0. The molecule has 0 spiro atoms. The zero-order valence-electron chi connectivity index (χ0n) is 11.8. The van der Waals surface area contributed by atoms with Gasteiger partial charge in [-0.3, -0.25) is 19.5 Å². The van der Waals surface area contributed by atoms with Crippen molar-refractivity contribution in [1.29, 1.82) is 0 Å². The molecule has 0 atom stereocenters. The zero-order chi connectivity index (χ0) is 19.0. The van der Waals surface area contributed by atoms with E-state index in [1.807, 2.05) is 5.10 Å². The lowest BCUT2D eigenvalue weighted by molar-refractivity contribution is -0.167. The van der Waals surface area contributed by atoms with Crippen molar-refractivity contribution in [2.75, 3.05) is 5.32 Å². The number of nitrogens with one attached hydrogen (secondary N) is 2. The van der Waals surface area contributed by atoms with Crippen molar-refractivity contribution in [3.63, 3.8) is 0 Å². The van der Waals surface area contributed by atoms with Crippen LogP contribution in [0, 0.1) is 0 Å². The number of amides is 1. The minimum atomic E-state index is -5.27. The van der Waals surface area contributed by atoms with Gasteiger partial charge in [-0.2, -0.15) is 31.0 Å². The quantitative estimate of drug-likeness (QED) is 0.801. The van der Waals surface area contributed by atoms with Crippen LogP contribution in [0.4, 0.5) is 32.0 Å². The fourth-order valence-corrected chi connectivity index (χ4v) is 1.76. The number of anilines is 1. The molecule has 6 nitrogen and oxygen atoms in total. The fourth-order valence-electron chi connectivity index (χ4n) is 1.76. The Balaban J connectivity index is 2.25. The van der Waals surface area contributed by atoms with E-state index in [4.69, 9.17) is 0 Å². The summed E-state index contributed by atoms with van der Waals surface area (Å²) in [6.45, 7) is 0. The van der Waals surface area contributed by atoms with Crippen LogP contribution >= 0.6 is 0 Å². The predicted molar refractivity (Wildman–Crippen MR) is 71.9 cm³/mol. The summed E-state index contributed by atoms with van der Waals surface area (Å²) in [6.07, 6.45) is -10.4. The van der Waals surface area contributed by atoms with Crippen LogP contribution in [0.5, 0.6) is 0 Å². The minimum absolute atomic E-state index is 0.107. The third-order valence-electron chi connectivity index (χ3n) is 2.88. The van der Waals surface area contributed by atoms with Crippen LogP contribution < -0.4 is 10.9 Å². The van der Waals surface area contributed by atoms with Crippen molar-refractivity contribution in [2.24, 2.45) is 0 Å². The number of rotatable bonds is 2. The van der Waals surface area contributed by atoms with E-state index in [1.54, 1.807) is 5.32 Å². The summed E-state index contributed by atoms with van der Waals surface area (Å²) in [4.78, 5) is 33.3. The molecule has 0 saturated heterocycles. The highest BCUT2D eigenvalue weighted by Crippen LogP contribution is 2.22. The molecule has 1 aromatic carbocycles. The molecular weight excluding hydrogens is 360 g/mol. The Labute approximate surface area is 134 Å². The molecule has 0 aliphatic carbocycles. The first-order valence-corrected chi connectivity index (χ1v) is 6.32. The number of carbonyl (C=O) groups is 2. The van der Waals surface area contributed by atoms with Crippen molar-refractivity contribution in [2.45, 2.75) is 12.4 Å². The van der Waals surface area contributed by atoms with E-state index in [-0.39, 0.29) is 21.6 Å². The van der Waals surface area contributed by atoms with E-state index >= 15 is 0 Å². The average Bonchev–Trinajstić information content (AvgIpc) is 2.87. The summed E-state index contributed by atoms with van der Waals surface area (Å²) in [6, 6.07) is 5.08. The number of benzene rings is 1. The van der Waals surface area contributed by atoms with Gasteiger partial charge in [0.25, 0.3) is 5.56 Å². The Kier molecular flexibility index (Phi) is 4.47. The van der Waals surface area contributed by atoms with Crippen LogP contribution in [0.3, 0.4) is 0 Å². The largest absolute Gasteiger partial charge is 0.473 e. The highest BCUT2D eigenvalue weighted by atomic mass is 19.4. The van der Waals surface area contributed by atoms with Crippen LogP contribution in [-0.2, 0) is 4.79 Å². The van der Waals surface area contributed by atoms with Gasteiger partial charge in [0.15, 0.2) is 0 Å². The Morgan fingerprint density at radius 1 is 0.960 bits per heavy atom.